The fraction of sp³-hybridized carbons (Fsp3) is 0.133. The Balaban J connectivity index is 2.30. The third-order valence-electron chi connectivity index (χ3n) is 2.69. The Kier molecular flexibility index (Phi) is 3.75. The van der Waals surface area contributed by atoms with Crippen LogP contribution >= 0.6 is 0 Å². The summed E-state index contributed by atoms with van der Waals surface area (Å²) in [6.07, 6.45) is 1.60. The maximum absolute atomic E-state index is 9.76. The number of benzene rings is 2. The van der Waals surface area contributed by atoms with Crippen molar-refractivity contribution in [3.8, 4) is 5.75 Å². The van der Waals surface area contributed by atoms with Gasteiger partial charge >= 0.3 is 0 Å². The van der Waals surface area contributed by atoms with Crippen molar-refractivity contribution >= 4 is 11.9 Å². The average molecular weight is 241 g/mol. The minimum absolute atomic E-state index is 0.0482. The second kappa shape index (κ2) is 5.47. The van der Waals surface area contributed by atoms with Gasteiger partial charge in [0.2, 0.25) is 0 Å². The van der Waals surface area contributed by atoms with Crippen LogP contribution in [0.1, 0.15) is 16.7 Å². The summed E-state index contributed by atoms with van der Waals surface area (Å²) in [6.45, 7) is 1.87. The molecule has 0 aliphatic heterocycles. The molecule has 0 saturated heterocycles. The van der Waals surface area contributed by atoms with E-state index in [-0.39, 0.29) is 12.4 Å². The molecule has 0 bridgehead atoms. The van der Waals surface area contributed by atoms with Crippen molar-refractivity contribution in [2.45, 2.75) is 13.5 Å². The van der Waals surface area contributed by atoms with Crippen LogP contribution < -0.4 is 0 Å². The summed E-state index contributed by atoms with van der Waals surface area (Å²) in [5, 5.41) is 18.9. The van der Waals surface area contributed by atoms with Crippen LogP contribution in [-0.2, 0) is 6.61 Å². The van der Waals surface area contributed by atoms with Crippen LogP contribution in [0, 0.1) is 6.92 Å². The first-order chi connectivity index (χ1) is 8.70. The average Bonchev–Trinajstić information content (AvgIpc) is 2.38. The second-order valence-electron chi connectivity index (χ2n) is 4.11. The molecule has 0 aliphatic carbocycles. The summed E-state index contributed by atoms with van der Waals surface area (Å²) in [5.41, 5.74) is 3.13. The Morgan fingerprint density at radius 3 is 2.67 bits per heavy atom. The zero-order valence-corrected chi connectivity index (χ0v) is 10.2. The van der Waals surface area contributed by atoms with Crippen LogP contribution in [0.3, 0.4) is 0 Å². The lowest BCUT2D eigenvalue weighted by molar-refractivity contribution is 0.282. The lowest BCUT2D eigenvalue weighted by atomic mass is 10.1. The molecule has 0 fully saturated rings. The van der Waals surface area contributed by atoms with Gasteiger partial charge in [-0.1, -0.05) is 24.3 Å². The van der Waals surface area contributed by atoms with Crippen molar-refractivity contribution < 1.29 is 10.2 Å². The summed E-state index contributed by atoms with van der Waals surface area (Å²) in [7, 11) is 0. The highest BCUT2D eigenvalue weighted by Crippen LogP contribution is 2.21. The summed E-state index contributed by atoms with van der Waals surface area (Å²) in [6, 6.07) is 12.8. The van der Waals surface area contributed by atoms with E-state index in [0.29, 0.717) is 11.3 Å². The Morgan fingerprint density at radius 1 is 1.17 bits per heavy atom. The van der Waals surface area contributed by atoms with Crippen molar-refractivity contribution in [2.75, 3.05) is 0 Å². The predicted octanol–water partition coefficient (Wildman–Crippen LogP) is 2.94. The van der Waals surface area contributed by atoms with Gasteiger partial charge in [-0.25, -0.2) is 0 Å². The van der Waals surface area contributed by atoms with Gasteiger partial charge in [-0.3, -0.25) is 4.99 Å². The van der Waals surface area contributed by atoms with Gasteiger partial charge in [-0.2, -0.15) is 0 Å². The summed E-state index contributed by atoms with van der Waals surface area (Å²) in [5.74, 6) is 0.209. The van der Waals surface area contributed by atoms with E-state index in [1.54, 1.807) is 12.3 Å². The van der Waals surface area contributed by atoms with Gasteiger partial charge in [0.05, 0.1) is 12.3 Å². The van der Waals surface area contributed by atoms with E-state index in [0.717, 1.165) is 11.1 Å². The van der Waals surface area contributed by atoms with E-state index in [2.05, 4.69) is 4.99 Å². The third-order valence-corrected chi connectivity index (χ3v) is 2.69. The molecule has 0 atom stereocenters. The second-order valence-corrected chi connectivity index (χ2v) is 4.11. The van der Waals surface area contributed by atoms with E-state index in [1.165, 1.54) is 0 Å². The Hall–Kier alpha value is -2.13. The molecule has 0 aliphatic rings. The molecule has 0 amide bonds. The van der Waals surface area contributed by atoms with Crippen LogP contribution in [0.4, 0.5) is 5.69 Å². The number of aromatic hydroxyl groups is 1. The fourth-order valence-electron chi connectivity index (χ4n) is 1.67. The molecule has 2 aromatic rings. The molecule has 3 nitrogen and oxygen atoms in total. The molecule has 18 heavy (non-hydrogen) atoms. The SMILES string of the molecule is Cc1ccc(C=Nc2ccccc2CO)c(O)c1. The van der Waals surface area contributed by atoms with E-state index >= 15 is 0 Å². The molecule has 0 saturated carbocycles. The third kappa shape index (κ3) is 2.76. The minimum atomic E-state index is -0.0482. The van der Waals surface area contributed by atoms with E-state index in [9.17, 15) is 10.2 Å². The van der Waals surface area contributed by atoms with Gasteiger partial charge in [-0.15, -0.1) is 0 Å². The Bertz CT molecular complexity index is 576. The number of aliphatic imine (C=N–C) groups is 1. The first kappa shape index (κ1) is 12.3. The number of phenolic OH excluding ortho intramolecular Hbond substituents is 1. The number of aliphatic hydroxyl groups excluding tert-OH is 1. The van der Waals surface area contributed by atoms with E-state index in [4.69, 9.17) is 0 Å². The molecule has 92 valence electrons. The molecule has 0 aromatic heterocycles. The summed E-state index contributed by atoms with van der Waals surface area (Å²) >= 11 is 0. The van der Waals surface area contributed by atoms with Crippen molar-refractivity contribution in [1.82, 2.24) is 0 Å². The normalized spacial score (nSPS) is 11.0. The number of hydrogen-bond donors (Lipinski definition) is 2. The van der Waals surface area contributed by atoms with Crippen molar-refractivity contribution in [2.24, 2.45) is 4.99 Å². The van der Waals surface area contributed by atoms with Crippen LogP contribution in [-0.4, -0.2) is 16.4 Å². The number of phenols is 1. The van der Waals surface area contributed by atoms with Crippen molar-refractivity contribution in [3.63, 3.8) is 0 Å². The number of nitrogens with zero attached hydrogens (tertiary/aromatic N) is 1. The topological polar surface area (TPSA) is 52.8 Å². The number of aliphatic hydroxyl groups is 1. The molecule has 2 rings (SSSR count). The van der Waals surface area contributed by atoms with Crippen LogP contribution in [0.25, 0.3) is 0 Å². The maximum Gasteiger partial charge on any atom is 0.124 e. The first-order valence-corrected chi connectivity index (χ1v) is 5.73. The van der Waals surface area contributed by atoms with E-state index in [1.807, 2.05) is 43.3 Å². The summed E-state index contributed by atoms with van der Waals surface area (Å²) < 4.78 is 0. The quantitative estimate of drug-likeness (QED) is 0.812. The first-order valence-electron chi connectivity index (χ1n) is 5.73. The monoisotopic (exact) mass is 241 g/mol. The van der Waals surface area contributed by atoms with Gasteiger partial charge in [0.15, 0.2) is 0 Å². The van der Waals surface area contributed by atoms with Crippen molar-refractivity contribution in [3.05, 3.63) is 59.2 Å². The number of hydrogen-bond acceptors (Lipinski definition) is 3. The number of aryl methyl sites for hydroxylation is 1. The molecule has 3 heteroatoms. The van der Waals surface area contributed by atoms with Gasteiger partial charge in [0.1, 0.15) is 5.75 Å². The fourth-order valence-corrected chi connectivity index (χ4v) is 1.67. The molecule has 2 N–H and O–H groups in total. The maximum atomic E-state index is 9.76. The minimum Gasteiger partial charge on any atom is -0.507 e. The largest absolute Gasteiger partial charge is 0.507 e. The lowest BCUT2D eigenvalue weighted by Gasteiger charge is -2.02. The highest BCUT2D eigenvalue weighted by atomic mass is 16.3. The standard InChI is InChI=1S/C15H15NO2/c1-11-6-7-12(15(18)8-11)9-16-14-5-3-2-4-13(14)10-17/h2-9,17-18H,10H2,1H3. The molecule has 2 aromatic carbocycles. The van der Waals surface area contributed by atoms with Gasteiger partial charge in [-0.05, 0) is 30.7 Å². The van der Waals surface area contributed by atoms with Crippen LogP contribution in [0.2, 0.25) is 0 Å². The molecule has 0 spiro atoms. The van der Waals surface area contributed by atoms with Gasteiger partial charge in [0.25, 0.3) is 0 Å². The molecule has 0 unspecified atom stereocenters. The summed E-state index contributed by atoms with van der Waals surface area (Å²) in [4.78, 5) is 4.29. The number of para-hydroxylation sites is 1. The molecule has 0 heterocycles. The molecule has 0 radical (unpaired) electrons. The smallest absolute Gasteiger partial charge is 0.124 e. The van der Waals surface area contributed by atoms with Crippen molar-refractivity contribution in [1.29, 1.82) is 0 Å². The zero-order valence-electron chi connectivity index (χ0n) is 10.2. The van der Waals surface area contributed by atoms with Crippen LogP contribution in [0.5, 0.6) is 5.75 Å². The highest BCUT2D eigenvalue weighted by molar-refractivity contribution is 5.85. The molecular weight excluding hydrogens is 226 g/mol. The van der Waals surface area contributed by atoms with Gasteiger partial charge in [0, 0.05) is 17.3 Å². The lowest BCUT2D eigenvalue weighted by Crippen LogP contribution is -1.86. The highest BCUT2D eigenvalue weighted by Gasteiger charge is 2.00. The van der Waals surface area contributed by atoms with Crippen LogP contribution in [0.15, 0.2) is 47.5 Å². The Morgan fingerprint density at radius 2 is 1.94 bits per heavy atom. The number of rotatable bonds is 3. The molecular formula is C15H15NO2. The zero-order chi connectivity index (χ0) is 13.0. The Labute approximate surface area is 106 Å². The van der Waals surface area contributed by atoms with E-state index < -0.39 is 0 Å². The van der Waals surface area contributed by atoms with Gasteiger partial charge < -0.3 is 10.2 Å². The predicted molar refractivity (Wildman–Crippen MR) is 72.5 cm³/mol.